The largest absolute Gasteiger partial charge is 0.334 e. The second kappa shape index (κ2) is 6.28. The van der Waals surface area contributed by atoms with Crippen LogP contribution in [0.3, 0.4) is 0 Å². The van der Waals surface area contributed by atoms with Crippen molar-refractivity contribution in [3.63, 3.8) is 0 Å². The van der Waals surface area contributed by atoms with Crippen molar-refractivity contribution in [3.8, 4) is 11.4 Å². The Morgan fingerprint density at radius 2 is 1.59 bits per heavy atom. The minimum absolute atomic E-state index is 0.230. The van der Waals surface area contributed by atoms with Gasteiger partial charge in [-0.05, 0) is 31.2 Å². The molecule has 6 rings (SSSR count). The lowest BCUT2D eigenvalue weighted by atomic mass is 9.93. The van der Waals surface area contributed by atoms with Crippen LogP contribution in [0.5, 0.6) is 0 Å². The van der Waals surface area contributed by atoms with Crippen molar-refractivity contribution in [2.24, 2.45) is 0 Å². The van der Waals surface area contributed by atoms with Gasteiger partial charge in [-0.2, -0.15) is 0 Å². The highest BCUT2D eigenvalue weighted by atomic mass is 16.2. The van der Waals surface area contributed by atoms with Gasteiger partial charge in [-0.1, -0.05) is 60.7 Å². The molecule has 0 spiro atoms. The number of aromatic nitrogens is 3. The van der Waals surface area contributed by atoms with Gasteiger partial charge in [0.25, 0.3) is 0 Å². The minimum Gasteiger partial charge on any atom is -0.334 e. The fraction of sp³-hybridized carbons (Fsp3) is 0.375. The summed E-state index contributed by atoms with van der Waals surface area (Å²) in [5.41, 5.74) is 1.97. The fourth-order valence-corrected chi connectivity index (χ4v) is 5.33. The van der Waals surface area contributed by atoms with E-state index in [2.05, 4.69) is 43.9 Å². The van der Waals surface area contributed by atoms with Crippen molar-refractivity contribution in [2.45, 2.75) is 56.1 Å². The molecule has 0 N–H and O–H groups in total. The number of benzene rings is 2. The first-order valence-corrected chi connectivity index (χ1v) is 10.6. The predicted molar refractivity (Wildman–Crippen MR) is 110 cm³/mol. The molecule has 2 fully saturated rings. The molecule has 146 valence electrons. The summed E-state index contributed by atoms with van der Waals surface area (Å²) in [6, 6.07) is 21.1. The first-order chi connectivity index (χ1) is 14.3. The molecule has 2 bridgehead atoms. The summed E-state index contributed by atoms with van der Waals surface area (Å²) in [6.45, 7) is 0.791. The number of fused-ring (bicyclic) bond motifs is 3. The molecule has 1 saturated heterocycles. The first kappa shape index (κ1) is 17.0. The van der Waals surface area contributed by atoms with Crippen LogP contribution in [0.4, 0.5) is 0 Å². The Kier molecular flexibility index (Phi) is 3.67. The van der Waals surface area contributed by atoms with Crippen LogP contribution in [0.15, 0.2) is 60.7 Å². The number of nitrogens with zero attached hydrogens (tertiary/aromatic N) is 4. The Hall–Kier alpha value is -2.95. The quantitative estimate of drug-likeness (QED) is 0.693. The lowest BCUT2D eigenvalue weighted by Gasteiger charge is -2.32. The van der Waals surface area contributed by atoms with E-state index in [9.17, 15) is 4.79 Å². The third kappa shape index (κ3) is 2.56. The average molecular weight is 384 g/mol. The van der Waals surface area contributed by atoms with Crippen molar-refractivity contribution in [1.82, 2.24) is 19.7 Å². The number of carbonyl (C=O) groups excluding carboxylic acids is 1. The van der Waals surface area contributed by atoms with E-state index >= 15 is 0 Å². The smallest absolute Gasteiger partial charge is 0.233 e. The van der Waals surface area contributed by atoms with Gasteiger partial charge in [-0.15, -0.1) is 10.2 Å². The van der Waals surface area contributed by atoms with E-state index in [4.69, 9.17) is 0 Å². The molecular weight excluding hydrogens is 360 g/mol. The predicted octanol–water partition coefficient (Wildman–Crippen LogP) is 3.59. The Morgan fingerprint density at radius 3 is 2.31 bits per heavy atom. The standard InChI is InChI=1S/C24H24N4O/c29-23(24(13-14-24)18-9-5-2-6-10-18)28-19-11-12-20(28)16-27-21(15-19)25-26-22(27)17-7-3-1-4-8-17/h1-10,19-20H,11-16H2. The highest BCUT2D eigenvalue weighted by Crippen LogP contribution is 2.51. The minimum atomic E-state index is -0.297. The van der Waals surface area contributed by atoms with Crippen LogP contribution < -0.4 is 0 Å². The summed E-state index contributed by atoms with van der Waals surface area (Å²) in [5, 5.41) is 9.01. The van der Waals surface area contributed by atoms with Crippen molar-refractivity contribution < 1.29 is 4.79 Å². The van der Waals surface area contributed by atoms with E-state index in [0.717, 1.165) is 55.9 Å². The van der Waals surface area contributed by atoms with Crippen LogP contribution in [-0.4, -0.2) is 37.7 Å². The summed E-state index contributed by atoms with van der Waals surface area (Å²) in [4.78, 5) is 16.0. The highest BCUT2D eigenvalue weighted by molar-refractivity contribution is 5.92. The topological polar surface area (TPSA) is 51.0 Å². The third-order valence-electron chi connectivity index (χ3n) is 7.01. The molecule has 5 heteroatoms. The van der Waals surface area contributed by atoms with E-state index in [-0.39, 0.29) is 17.5 Å². The third-order valence-corrected chi connectivity index (χ3v) is 7.01. The number of hydrogen-bond acceptors (Lipinski definition) is 3. The van der Waals surface area contributed by atoms with Crippen LogP contribution in [0.2, 0.25) is 0 Å². The highest BCUT2D eigenvalue weighted by Gasteiger charge is 2.56. The Bertz CT molecular complexity index is 1050. The molecule has 2 atom stereocenters. The zero-order chi connectivity index (χ0) is 19.4. The summed E-state index contributed by atoms with van der Waals surface area (Å²) in [7, 11) is 0. The van der Waals surface area contributed by atoms with Gasteiger partial charge >= 0.3 is 0 Å². The number of hydrogen-bond donors (Lipinski definition) is 0. The van der Waals surface area contributed by atoms with Gasteiger partial charge in [0.05, 0.1) is 11.5 Å². The Labute approximate surface area is 170 Å². The fourth-order valence-electron chi connectivity index (χ4n) is 5.33. The Balaban J connectivity index is 1.34. The van der Waals surface area contributed by atoms with Gasteiger partial charge < -0.3 is 9.47 Å². The van der Waals surface area contributed by atoms with Crippen molar-refractivity contribution in [1.29, 1.82) is 0 Å². The second-order valence-corrected chi connectivity index (χ2v) is 8.67. The van der Waals surface area contributed by atoms with E-state index in [1.54, 1.807) is 0 Å². The maximum absolute atomic E-state index is 13.8. The average Bonchev–Trinajstić information content (AvgIpc) is 3.40. The van der Waals surface area contributed by atoms with Gasteiger partial charge in [0.2, 0.25) is 5.91 Å². The van der Waals surface area contributed by atoms with Crippen LogP contribution >= 0.6 is 0 Å². The normalized spacial score (nSPS) is 24.1. The summed E-state index contributed by atoms with van der Waals surface area (Å²) >= 11 is 0. The van der Waals surface area contributed by atoms with E-state index < -0.39 is 0 Å². The summed E-state index contributed by atoms with van der Waals surface area (Å²) < 4.78 is 2.25. The van der Waals surface area contributed by atoms with Crippen molar-refractivity contribution >= 4 is 5.91 Å². The molecular formula is C24H24N4O. The van der Waals surface area contributed by atoms with Gasteiger partial charge in [0, 0.05) is 24.6 Å². The van der Waals surface area contributed by atoms with Crippen LogP contribution in [0.25, 0.3) is 11.4 Å². The molecule has 29 heavy (non-hydrogen) atoms. The molecule has 3 heterocycles. The van der Waals surface area contributed by atoms with Crippen LogP contribution in [-0.2, 0) is 23.2 Å². The SMILES string of the molecule is O=C(N1C2CCC1Cn1c(nnc1-c1ccccc1)C2)C1(c2ccccc2)CC1. The van der Waals surface area contributed by atoms with Crippen LogP contribution in [0, 0.1) is 0 Å². The number of carbonyl (C=O) groups is 1. The molecule has 3 aliphatic rings. The van der Waals surface area contributed by atoms with Gasteiger partial charge in [-0.3, -0.25) is 4.79 Å². The zero-order valence-electron chi connectivity index (χ0n) is 16.4. The van der Waals surface area contributed by atoms with Crippen molar-refractivity contribution in [2.75, 3.05) is 0 Å². The van der Waals surface area contributed by atoms with Crippen molar-refractivity contribution in [3.05, 3.63) is 72.1 Å². The molecule has 5 nitrogen and oxygen atoms in total. The lowest BCUT2D eigenvalue weighted by molar-refractivity contribution is -0.137. The number of amides is 1. The zero-order valence-corrected chi connectivity index (χ0v) is 16.4. The summed E-state index contributed by atoms with van der Waals surface area (Å²) in [6.07, 6.45) is 4.86. The summed E-state index contributed by atoms with van der Waals surface area (Å²) in [5.74, 6) is 2.26. The maximum Gasteiger partial charge on any atom is 0.233 e. The maximum atomic E-state index is 13.8. The van der Waals surface area contributed by atoms with Gasteiger partial charge in [0.15, 0.2) is 5.82 Å². The number of rotatable bonds is 3. The molecule has 3 aromatic rings. The van der Waals surface area contributed by atoms with E-state index in [1.165, 1.54) is 5.56 Å². The molecule has 2 aliphatic heterocycles. The molecule has 1 aliphatic carbocycles. The van der Waals surface area contributed by atoms with E-state index in [1.807, 2.05) is 36.4 Å². The molecule has 1 saturated carbocycles. The van der Waals surface area contributed by atoms with E-state index in [0.29, 0.717) is 5.91 Å². The van der Waals surface area contributed by atoms with Crippen LogP contribution in [0.1, 0.15) is 37.1 Å². The monoisotopic (exact) mass is 384 g/mol. The van der Waals surface area contributed by atoms with Gasteiger partial charge in [0.1, 0.15) is 5.82 Å². The molecule has 2 aromatic carbocycles. The molecule has 1 amide bonds. The first-order valence-electron chi connectivity index (χ1n) is 10.6. The molecule has 0 radical (unpaired) electrons. The Morgan fingerprint density at radius 1 is 0.897 bits per heavy atom. The molecule has 1 aromatic heterocycles. The van der Waals surface area contributed by atoms with Gasteiger partial charge in [-0.25, -0.2) is 0 Å². The lowest BCUT2D eigenvalue weighted by Crippen LogP contribution is -2.47. The second-order valence-electron chi connectivity index (χ2n) is 8.67. The molecule has 2 unspecified atom stereocenters.